The zero-order valence-electron chi connectivity index (χ0n) is 16.7. The van der Waals surface area contributed by atoms with E-state index in [1.165, 1.54) is 17.1 Å². The van der Waals surface area contributed by atoms with Crippen LogP contribution in [0.25, 0.3) is 0 Å². The van der Waals surface area contributed by atoms with E-state index in [1.54, 1.807) is 18.2 Å². The van der Waals surface area contributed by atoms with Crippen molar-refractivity contribution in [2.75, 3.05) is 13.1 Å². The highest BCUT2D eigenvalue weighted by molar-refractivity contribution is 7.81. The number of halogens is 2. The van der Waals surface area contributed by atoms with E-state index < -0.39 is 12.0 Å². The van der Waals surface area contributed by atoms with E-state index in [9.17, 15) is 14.0 Å². The van der Waals surface area contributed by atoms with Gasteiger partial charge in [0.15, 0.2) is 11.5 Å². The smallest absolute Gasteiger partial charge is 0.358 e. The van der Waals surface area contributed by atoms with Gasteiger partial charge in [0.1, 0.15) is 5.82 Å². The average molecular weight is 467 g/mol. The maximum atomic E-state index is 14.6. The van der Waals surface area contributed by atoms with Crippen molar-refractivity contribution in [3.8, 4) is 0 Å². The number of piperidine rings is 1. The number of benzene rings is 1. The van der Waals surface area contributed by atoms with Gasteiger partial charge in [-0.2, -0.15) is 22.5 Å². The molecule has 166 valence electrons. The van der Waals surface area contributed by atoms with Gasteiger partial charge in [-0.1, -0.05) is 24.3 Å². The van der Waals surface area contributed by atoms with Crippen molar-refractivity contribution in [3.63, 3.8) is 0 Å². The summed E-state index contributed by atoms with van der Waals surface area (Å²) in [6.07, 6.45) is 5.58. The summed E-state index contributed by atoms with van der Waals surface area (Å²) in [4.78, 5) is 27.4. The molecule has 1 saturated carbocycles. The quantitative estimate of drug-likeness (QED) is 0.481. The summed E-state index contributed by atoms with van der Waals surface area (Å²) in [5, 5.41) is 16.8. The molecular formula is C21H24ClFN4O3S. The van der Waals surface area contributed by atoms with E-state index in [0.717, 1.165) is 24.8 Å². The fraction of sp³-hybridized carbons (Fsp3) is 0.429. The number of carbonyl (C=O) groups excluding carboxylic acids is 1. The lowest BCUT2D eigenvalue weighted by Crippen LogP contribution is -2.42. The monoisotopic (exact) mass is 466 g/mol. The number of nitrogens with zero attached hydrogens (tertiary/aromatic N) is 4. The molecule has 1 N–H and O–H groups in total. The Morgan fingerprint density at radius 2 is 2.03 bits per heavy atom. The first-order valence-corrected chi connectivity index (χ1v) is 10.5. The van der Waals surface area contributed by atoms with E-state index in [0.29, 0.717) is 25.2 Å². The molecule has 1 aromatic heterocycles. The number of aromatic nitrogens is 3. The summed E-state index contributed by atoms with van der Waals surface area (Å²) in [5.74, 6) is -1.40. The Hall–Kier alpha value is -2.23. The van der Waals surface area contributed by atoms with Crippen molar-refractivity contribution in [1.29, 1.82) is 0 Å². The second-order valence-corrected chi connectivity index (χ2v) is 8.37. The Balaban J connectivity index is 0.00000272. The minimum atomic E-state index is -1.13. The van der Waals surface area contributed by atoms with Gasteiger partial charge in [-0.25, -0.2) is 9.18 Å². The molecule has 2 atom stereocenters. The van der Waals surface area contributed by atoms with Gasteiger partial charge >= 0.3 is 5.97 Å². The second-order valence-electron chi connectivity index (χ2n) is 7.74. The van der Waals surface area contributed by atoms with Crippen LogP contribution in [0.2, 0.25) is 0 Å². The predicted octanol–water partition coefficient (Wildman–Crippen LogP) is 3.19. The van der Waals surface area contributed by atoms with Gasteiger partial charge in [0.25, 0.3) is 0 Å². The zero-order chi connectivity index (χ0) is 21.3. The topological polar surface area (TPSA) is 88.3 Å². The maximum Gasteiger partial charge on any atom is 0.358 e. The molecule has 1 aliphatic heterocycles. The van der Waals surface area contributed by atoms with Crippen LogP contribution < -0.4 is 0 Å². The molecule has 0 amide bonds. The average Bonchev–Trinajstić information content (AvgIpc) is 3.47. The number of Topliss-reactive ketones (excluding diaryl/α,β-unsaturated/α-hetero) is 1. The van der Waals surface area contributed by atoms with Gasteiger partial charge in [0.05, 0.1) is 18.8 Å². The van der Waals surface area contributed by atoms with Crippen LogP contribution >= 0.6 is 25.0 Å². The lowest BCUT2D eigenvalue weighted by Gasteiger charge is -2.37. The highest BCUT2D eigenvalue weighted by atomic mass is 35.5. The van der Waals surface area contributed by atoms with Crippen LogP contribution in [0.15, 0.2) is 42.1 Å². The molecule has 0 radical (unpaired) electrons. The first kappa shape index (κ1) is 23.4. The number of thiol groups is 1. The van der Waals surface area contributed by atoms with Gasteiger partial charge < -0.3 is 5.11 Å². The van der Waals surface area contributed by atoms with Gasteiger partial charge in [-0.3, -0.25) is 9.69 Å². The van der Waals surface area contributed by atoms with Crippen LogP contribution in [0.1, 0.15) is 41.4 Å². The summed E-state index contributed by atoms with van der Waals surface area (Å²) in [6.45, 7) is 1.43. The Labute approximate surface area is 191 Å². The normalized spacial score (nSPS) is 21.5. The van der Waals surface area contributed by atoms with E-state index in [2.05, 4.69) is 22.8 Å². The van der Waals surface area contributed by atoms with Crippen LogP contribution in [0.5, 0.6) is 0 Å². The van der Waals surface area contributed by atoms with Gasteiger partial charge in [-0.15, -0.1) is 17.5 Å². The minimum Gasteiger partial charge on any atom is -0.476 e. The predicted molar refractivity (Wildman–Crippen MR) is 118 cm³/mol. The van der Waals surface area contributed by atoms with E-state index in [1.807, 2.05) is 11.0 Å². The van der Waals surface area contributed by atoms with Crippen molar-refractivity contribution in [1.82, 2.24) is 19.9 Å². The first-order valence-electron chi connectivity index (χ1n) is 9.96. The molecule has 1 aromatic carbocycles. The summed E-state index contributed by atoms with van der Waals surface area (Å²) in [5.41, 5.74) is 1.30. The molecule has 1 aliphatic carbocycles. The van der Waals surface area contributed by atoms with Crippen LogP contribution in [-0.2, 0) is 11.3 Å². The van der Waals surface area contributed by atoms with Gasteiger partial charge in [-0.05, 0) is 30.9 Å². The molecule has 0 bridgehead atoms. The number of likely N-dealkylation sites (tertiary alicyclic amines) is 1. The fourth-order valence-electron chi connectivity index (χ4n) is 3.81. The second kappa shape index (κ2) is 9.93. The van der Waals surface area contributed by atoms with Crippen LogP contribution in [0.3, 0.4) is 0 Å². The first-order chi connectivity index (χ1) is 14.4. The number of carboxylic acids is 1. The number of hydrogen-bond acceptors (Lipinski definition) is 6. The summed E-state index contributed by atoms with van der Waals surface area (Å²) in [7, 11) is 0. The molecule has 1 saturated heterocycles. The van der Waals surface area contributed by atoms with Crippen molar-refractivity contribution in [2.45, 2.75) is 37.1 Å². The van der Waals surface area contributed by atoms with Crippen molar-refractivity contribution >= 4 is 36.8 Å². The van der Waals surface area contributed by atoms with Crippen molar-refractivity contribution < 1.29 is 19.1 Å². The van der Waals surface area contributed by atoms with E-state index in [-0.39, 0.29) is 40.9 Å². The third kappa shape index (κ3) is 5.34. The Bertz CT molecular complexity index is 995. The van der Waals surface area contributed by atoms with E-state index >= 15 is 0 Å². The number of carbonyl (C=O) groups is 2. The molecule has 7 nitrogen and oxygen atoms in total. The molecule has 31 heavy (non-hydrogen) atoms. The van der Waals surface area contributed by atoms with E-state index in [4.69, 9.17) is 5.11 Å². The maximum absolute atomic E-state index is 14.6. The molecular weight excluding hydrogens is 443 g/mol. The molecule has 4 rings (SSSR count). The largest absolute Gasteiger partial charge is 0.476 e. The highest BCUT2D eigenvalue weighted by Gasteiger charge is 2.40. The number of allylic oxidation sites excluding steroid dienone is 1. The number of ketones is 1. The molecule has 10 heteroatoms. The molecule has 2 unspecified atom stereocenters. The minimum absolute atomic E-state index is 0. The molecule has 2 aromatic rings. The highest BCUT2D eigenvalue weighted by Crippen LogP contribution is 2.39. The van der Waals surface area contributed by atoms with Crippen molar-refractivity contribution in [2.24, 2.45) is 5.92 Å². The summed E-state index contributed by atoms with van der Waals surface area (Å²) in [6, 6.07) is 5.87. The third-order valence-electron chi connectivity index (χ3n) is 5.59. The van der Waals surface area contributed by atoms with Crippen LogP contribution in [0.4, 0.5) is 4.39 Å². The summed E-state index contributed by atoms with van der Waals surface area (Å²) >= 11 is 4.66. The van der Waals surface area contributed by atoms with Crippen molar-refractivity contribution in [3.05, 3.63) is 59.2 Å². The molecule has 2 aliphatic rings. The van der Waals surface area contributed by atoms with Gasteiger partial charge in [0.2, 0.25) is 0 Å². The lowest BCUT2D eigenvalue weighted by atomic mass is 9.93. The Kier molecular flexibility index (Phi) is 7.51. The molecule has 2 fully saturated rings. The number of hydrogen-bond donors (Lipinski definition) is 2. The Morgan fingerprint density at radius 3 is 2.68 bits per heavy atom. The Morgan fingerprint density at radius 1 is 1.29 bits per heavy atom. The van der Waals surface area contributed by atoms with Crippen LogP contribution in [-0.4, -0.2) is 55.1 Å². The van der Waals surface area contributed by atoms with Crippen LogP contribution in [0, 0.1) is 11.7 Å². The molecule has 2 heterocycles. The zero-order valence-corrected chi connectivity index (χ0v) is 18.4. The summed E-state index contributed by atoms with van der Waals surface area (Å²) < 4.78 is 14.6. The SMILES string of the molecule is Cl.O=C(O)c1cnn(C/C=C2/CN(C(C(=O)C3CC3)c3ccccc3F)CCC2S)n1. The lowest BCUT2D eigenvalue weighted by molar-refractivity contribution is -0.126. The number of carboxylic acid groups (broad SMARTS) is 1. The molecule has 0 spiro atoms. The third-order valence-corrected chi connectivity index (χ3v) is 6.18. The number of rotatable bonds is 7. The fourth-order valence-corrected chi connectivity index (χ4v) is 4.12. The standard InChI is InChI=1S/C21H23FN4O3S.ClH/c22-16-4-2-1-3-15(16)19(20(27)13-5-6-13)25-9-8-18(30)14(12-25)7-10-26-23-11-17(24-26)21(28)29;/h1-4,7,11,13,18-19,30H,5-6,8-10,12H2,(H,28,29);1H/b14-7-;. The number of aromatic carboxylic acids is 1. The van der Waals surface area contributed by atoms with Gasteiger partial charge in [0, 0.05) is 29.8 Å².